The van der Waals surface area contributed by atoms with Crippen molar-refractivity contribution in [3.8, 4) is 0 Å². The molecule has 1 aromatic carbocycles. The summed E-state index contributed by atoms with van der Waals surface area (Å²) in [6, 6.07) is 4.85. The van der Waals surface area contributed by atoms with E-state index in [2.05, 4.69) is 4.98 Å². The van der Waals surface area contributed by atoms with Gasteiger partial charge in [-0.05, 0) is 24.3 Å². The lowest BCUT2D eigenvalue weighted by Crippen LogP contribution is -2.17. The molecule has 88 valence electrons. The molecule has 1 unspecified atom stereocenters. The first-order valence-corrected chi connectivity index (χ1v) is 4.90. The molecule has 2 nitrogen and oxygen atoms in total. The van der Waals surface area contributed by atoms with Crippen molar-refractivity contribution in [3.05, 3.63) is 65.2 Å². The molecule has 1 heterocycles. The van der Waals surface area contributed by atoms with Crippen LogP contribution in [0.3, 0.4) is 0 Å². The highest BCUT2D eigenvalue weighted by atomic mass is 19.1. The van der Waals surface area contributed by atoms with E-state index >= 15 is 0 Å². The molecule has 1 aromatic heterocycles. The Labute approximate surface area is 95.9 Å². The molecule has 0 amide bonds. The topological polar surface area (TPSA) is 38.9 Å². The molecule has 0 aliphatic carbocycles. The molecular formula is C12H9F3N2. The van der Waals surface area contributed by atoms with Gasteiger partial charge in [0.2, 0.25) is 0 Å². The van der Waals surface area contributed by atoms with Crippen molar-refractivity contribution in [3.63, 3.8) is 0 Å². The average Bonchev–Trinajstić information content (AvgIpc) is 2.29. The van der Waals surface area contributed by atoms with E-state index in [9.17, 15) is 13.2 Å². The van der Waals surface area contributed by atoms with Crippen molar-refractivity contribution in [1.29, 1.82) is 0 Å². The third kappa shape index (κ3) is 2.29. The van der Waals surface area contributed by atoms with E-state index in [-0.39, 0.29) is 11.3 Å². The van der Waals surface area contributed by atoms with Gasteiger partial charge in [0.15, 0.2) is 0 Å². The van der Waals surface area contributed by atoms with Gasteiger partial charge in [-0.25, -0.2) is 13.2 Å². The fourth-order valence-corrected chi connectivity index (χ4v) is 1.53. The van der Waals surface area contributed by atoms with Crippen LogP contribution in [0.1, 0.15) is 17.3 Å². The highest BCUT2D eigenvalue weighted by Gasteiger charge is 2.19. The number of pyridine rings is 1. The monoisotopic (exact) mass is 238 g/mol. The summed E-state index contributed by atoms with van der Waals surface area (Å²) < 4.78 is 39.5. The molecule has 2 aromatic rings. The average molecular weight is 238 g/mol. The van der Waals surface area contributed by atoms with Crippen molar-refractivity contribution >= 4 is 0 Å². The molecule has 0 saturated carbocycles. The van der Waals surface area contributed by atoms with Crippen LogP contribution in [-0.2, 0) is 0 Å². The van der Waals surface area contributed by atoms with E-state index in [0.717, 1.165) is 24.4 Å². The van der Waals surface area contributed by atoms with E-state index in [4.69, 9.17) is 5.73 Å². The van der Waals surface area contributed by atoms with E-state index in [0.29, 0.717) is 0 Å². The zero-order valence-corrected chi connectivity index (χ0v) is 8.70. The normalized spacial score (nSPS) is 12.5. The maximum atomic E-state index is 13.4. The Kier molecular flexibility index (Phi) is 3.10. The number of nitrogens with zero attached hydrogens (tertiary/aromatic N) is 1. The third-order valence-electron chi connectivity index (χ3n) is 2.38. The highest BCUT2D eigenvalue weighted by Crippen LogP contribution is 2.23. The van der Waals surface area contributed by atoms with E-state index in [1.54, 1.807) is 0 Å². The molecule has 17 heavy (non-hydrogen) atoms. The fraction of sp³-hybridized carbons (Fsp3) is 0.0833. The van der Waals surface area contributed by atoms with Gasteiger partial charge >= 0.3 is 0 Å². The Morgan fingerprint density at radius 2 is 1.65 bits per heavy atom. The Bertz CT molecular complexity index is 506. The number of benzene rings is 1. The minimum atomic E-state index is -1.06. The standard InChI is InChI=1S/C12H9F3N2/c13-7-4-5-10(17-6-7)12(16)11-8(14)2-1-3-9(11)15/h1-6,12H,16H2. The highest BCUT2D eigenvalue weighted by molar-refractivity contribution is 5.29. The third-order valence-corrected chi connectivity index (χ3v) is 2.38. The largest absolute Gasteiger partial charge is 0.319 e. The molecule has 5 heteroatoms. The van der Waals surface area contributed by atoms with Crippen molar-refractivity contribution in [2.24, 2.45) is 5.73 Å². The number of rotatable bonds is 2. The van der Waals surface area contributed by atoms with E-state index in [1.807, 2.05) is 0 Å². The zero-order valence-electron chi connectivity index (χ0n) is 8.70. The van der Waals surface area contributed by atoms with Gasteiger partial charge in [-0.2, -0.15) is 0 Å². The van der Waals surface area contributed by atoms with Gasteiger partial charge in [-0.15, -0.1) is 0 Å². The number of nitrogens with two attached hydrogens (primary N) is 1. The molecule has 0 radical (unpaired) electrons. The van der Waals surface area contributed by atoms with Crippen molar-refractivity contribution in [2.75, 3.05) is 0 Å². The Balaban J connectivity index is 2.43. The molecular weight excluding hydrogens is 229 g/mol. The molecule has 0 aliphatic rings. The van der Waals surface area contributed by atoms with Crippen molar-refractivity contribution < 1.29 is 13.2 Å². The van der Waals surface area contributed by atoms with Crippen LogP contribution in [0.15, 0.2) is 36.5 Å². The van der Waals surface area contributed by atoms with E-state index < -0.39 is 23.5 Å². The predicted octanol–water partition coefficient (Wildman–Crippen LogP) is 2.55. The summed E-state index contributed by atoms with van der Waals surface area (Å²) in [7, 11) is 0. The zero-order chi connectivity index (χ0) is 12.4. The molecule has 0 aliphatic heterocycles. The van der Waals surface area contributed by atoms with Crippen LogP contribution in [0.5, 0.6) is 0 Å². The smallest absolute Gasteiger partial charge is 0.141 e. The van der Waals surface area contributed by atoms with Crippen LogP contribution in [0.2, 0.25) is 0 Å². The van der Waals surface area contributed by atoms with Crippen LogP contribution in [0, 0.1) is 17.5 Å². The Morgan fingerprint density at radius 3 is 2.18 bits per heavy atom. The second-order valence-corrected chi connectivity index (χ2v) is 3.51. The molecule has 1 atom stereocenters. The number of hydrogen-bond acceptors (Lipinski definition) is 2. The lowest BCUT2D eigenvalue weighted by atomic mass is 10.0. The van der Waals surface area contributed by atoms with Gasteiger partial charge in [0.25, 0.3) is 0 Å². The second-order valence-electron chi connectivity index (χ2n) is 3.51. The summed E-state index contributed by atoms with van der Waals surface area (Å²) in [4.78, 5) is 3.70. The first kappa shape index (κ1) is 11.6. The summed E-state index contributed by atoms with van der Waals surface area (Å²) in [5.74, 6) is -2.03. The van der Waals surface area contributed by atoms with Crippen LogP contribution in [-0.4, -0.2) is 4.98 Å². The second kappa shape index (κ2) is 4.55. The molecule has 2 N–H and O–H groups in total. The maximum Gasteiger partial charge on any atom is 0.141 e. The summed E-state index contributed by atoms with van der Waals surface area (Å²) in [5, 5.41) is 0. The number of halogens is 3. The summed E-state index contributed by atoms with van der Waals surface area (Å²) in [6.45, 7) is 0. The molecule has 0 saturated heterocycles. The van der Waals surface area contributed by atoms with Crippen molar-refractivity contribution in [2.45, 2.75) is 6.04 Å². The van der Waals surface area contributed by atoms with Gasteiger partial charge < -0.3 is 5.73 Å². The van der Waals surface area contributed by atoms with Crippen LogP contribution >= 0.6 is 0 Å². The van der Waals surface area contributed by atoms with Crippen LogP contribution in [0.25, 0.3) is 0 Å². The Morgan fingerprint density at radius 1 is 1.00 bits per heavy atom. The first-order chi connectivity index (χ1) is 8.09. The van der Waals surface area contributed by atoms with Gasteiger partial charge in [0, 0.05) is 5.56 Å². The number of hydrogen-bond donors (Lipinski definition) is 1. The van der Waals surface area contributed by atoms with Crippen molar-refractivity contribution in [1.82, 2.24) is 4.98 Å². The quantitative estimate of drug-likeness (QED) is 0.873. The van der Waals surface area contributed by atoms with Crippen LogP contribution in [0.4, 0.5) is 13.2 Å². The fourth-order valence-electron chi connectivity index (χ4n) is 1.53. The molecule has 0 spiro atoms. The number of aromatic nitrogens is 1. The molecule has 0 bridgehead atoms. The SMILES string of the molecule is NC(c1ccc(F)cn1)c1c(F)cccc1F. The minimum absolute atomic E-state index is 0.204. The van der Waals surface area contributed by atoms with Crippen LogP contribution < -0.4 is 5.73 Å². The lowest BCUT2D eigenvalue weighted by Gasteiger charge is -2.13. The van der Waals surface area contributed by atoms with Gasteiger partial charge in [0.1, 0.15) is 17.5 Å². The minimum Gasteiger partial charge on any atom is -0.319 e. The lowest BCUT2D eigenvalue weighted by molar-refractivity contribution is 0.540. The van der Waals surface area contributed by atoms with Gasteiger partial charge in [-0.3, -0.25) is 4.98 Å². The predicted molar refractivity (Wildman–Crippen MR) is 56.6 cm³/mol. The van der Waals surface area contributed by atoms with Gasteiger partial charge in [-0.1, -0.05) is 6.07 Å². The summed E-state index contributed by atoms with van der Waals surface area (Å²) in [6.07, 6.45) is 0.952. The molecule has 2 rings (SSSR count). The van der Waals surface area contributed by atoms with Gasteiger partial charge in [0.05, 0.1) is 17.9 Å². The first-order valence-electron chi connectivity index (χ1n) is 4.90. The maximum absolute atomic E-state index is 13.4. The summed E-state index contributed by atoms with van der Waals surface area (Å²) >= 11 is 0. The molecule has 0 fully saturated rings. The van der Waals surface area contributed by atoms with E-state index in [1.165, 1.54) is 12.1 Å². The summed E-state index contributed by atoms with van der Waals surface area (Å²) in [5.41, 5.74) is 5.64. The Hall–Kier alpha value is -1.88.